The lowest BCUT2D eigenvalue weighted by Gasteiger charge is -2.16. The lowest BCUT2D eigenvalue weighted by molar-refractivity contribution is -0.141. The van der Waals surface area contributed by atoms with Gasteiger partial charge in [-0.05, 0) is 30.2 Å². The molecule has 0 aliphatic rings. The molecular formula is C33H31N3O2. The van der Waals surface area contributed by atoms with Crippen molar-refractivity contribution in [1.29, 1.82) is 0 Å². The molecule has 1 heterocycles. The first-order chi connectivity index (χ1) is 18.7. The highest BCUT2D eigenvalue weighted by atomic mass is 16.5. The van der Waals surface area contributed by atoms with Crippen LogP contribution in [0.2, 0.25) is 0 Å². The first kappa shape index (κ1) is 25.0. The van der Waals surface area contributed by atoms with Crippen LogP contribution in [0.5, 0.6) is 0 Å². The smallest absolute Gasteiger partial charge is 0.302 e. The number of nitrogens with zero attached hydrogens (tertiary/aromatic N) is 2. The van der Waals surface area contributed by atoms with Gasteiger partial charge in [-0.2, -0.15) is 0 Å². The van der Waals surface area contributed by atoms with Crippen LogP contribution >= 0.6 is 0 Å². The van der Waals surface area contributed by atoms with Gasteiger partial charge in [0.25, 0.3) is 0 Å². The Morgan fingerprint density at radius 2 is 1.42 bits per heavy atom. The minimum Gasteiger partial charge on any atom is -0.464 e. The summed E-state index contributed by atoms with van der Waals surface area (Å²) in [4.78, 5) is 16.9. The summed E-state index contributed by atoms with van der Waals surface area (Å²) in [5.41, 5.74) is 8.27. The number of anilines is 1. The van der Waals surface area contributed by atoms with Gasteiger partial charge in [0.05, 0.1) is 17.9 Å². The molecule has 1 aromatic heterocycles. The van der Waals surface area contributed by atoms with Gasteiger partial charge in [-0.1, -0.05) is 97.1 Å². The van der Waals surface area contributed by atoms with Crippen LogP contribution in [0.25, 0.3) is 45.0 Å². The number of ether oxygens (including phenoxy) is 1. The van der Waals surface area contributed by atoms with E-state index in [1.807, 2.05) is 42.5 Å². The second-order valence-electron chi connectivity index (χ2n) is 9.01. The van der Waals surface area contributed by atoms with Crippen molar-refractivity contribution in [2.75, 3.05) is 18.5 Å². The molecule has 0 unspecified atom stereocenters. The Labute approximate surface area is 223 Å². The molecule has 0 fully saturated rings. The monoisotopic (exact) mass is 501 g/mol. The summed E-state index contributed by atoms with van der Waals surface area (Å²) in [7, 11) is 0. The number of aromatic nitrogens is 2. The van der Waals surface area contributed by atoms with Crippen LogP contribution in [0.15, 0.2) is 109 Å². The van der Waals surface area contributed by atoms with Crippen molar-refractivity contribution < 1.29 is 9.53 Å². The molecule has 0 amide bonds. The largest absolute Gasteiger partial charge is 0.464 e. The number of benzene rings is 4. The highest BCUT2D eigenvalue weighted by molar-refractivity contribution is 5.87. The van der Waals surface area contributed by atoms with Crippen molar-refractivity contribution in [1.82, 2.24) is 9.55 Å². The predicted octanol–water partition coefficient (Wildman–Crippen LogP) is 7.55. The summed E-state index contributed by atoms with van der Waals surface area (Å²) < 4.78 is 7.59. The highest BCUT2D eigenvalue weighted by Crippen LogP contribution is 2.39. The van der Waals surface area contributed by atoms with Gasteiger partial charge in [0.2, 0.25) is 0 Å². The molecule has 5 heteroatoms. The number of carbonyl (C=O) groups excluding carboxylic acids is 1. The van der Waals surface area contributed by atoms with E-state index in [0.717, 1.165) is 57.3 Å². The molecule has 5 nitrogen and oxygen atoms in total. The van der Waals surface area contributed by atoms with Crippen LogP contribution in [0.1, 0.15) is 13.8 Å². The minimum atomic E-state index is -0.295. The van der Waals surface area contributed by atoms with E-state index in [2.05, 4.69) is 83.5 Å². The fourth-order valence-corrected chi connectivity index (χ4v) is 4.77. The van der Waals surface area contributed by atoms with Crippen LogP contribution in [-0.4, -0.2) is 28.7 Å². The average Bonchev–Trinajstić information content (AvgIpc) is 3.33. The first-order valence-corrected chi connectivity index (χ1v) is 12.9. The van der Waals surface area contributed by atoms with Crippen molar-refractivity contribution >= 4 is 11.7 Å². The molecule has 190 valence electrons. The lowest BCUT2D eigenvalue weighted by atomic mass is 9.98. The standard InChI is InChI=1S/C33H31N3O2/c1-3-34-28-18-12-17-27(23-28)29-19-10-11-20-30(29)33-35-31(25-13-6-4-7-14-25)32(26-15-8-5-9-16-26)36(33)21-22-38-24(2)37/h4-20,23,34H,3,21-22H2,1-2H3. The van der Waals surface area contributed by atoms with Crippen LogP contribution in [0.4, 0.5) is 5.69 Å². The summed E-state index contributed by atoms with van der Waals surface area (Å²) in [5, 5.41) is 3.41. The van der Waals surface area contributed by atoms with Crippen molar-refractivity contribution in [2.24, 2.45) is 0 Å². The zero-order chi connectivity index (χ0) is 26.3. The number of esters is 1. The molecule has 1 N–H and O–H groups in total. The number of carbonyl (C=O) groups is 1. The second-order valence-corrected chi connectivity index (χ2v) is 9.01. The molecule has 4 aromatic carbocycles. The van der Waals surface area contributed by atoms with Gasteiger partial charge in [0.1, 0.15) is 12.4 Å². The van der Waals surface area contributed by atoms with Gasteiger partial charge in [-0.3, -0.25) is 4.79 Å². The Bertz CT molecular complexity index is 1520. The highest BCUT2D eigenvalue weighted by Gasteiger charge is 2.23. The summed E-state index contributed by atoms with van der Waals surface area (Å²) in [6.07, 6.45) is 0. The minimum absolute atomic E-state index is 0.255. The van der Waals surface area contributed by atoms with Crippen molar-refractivity contribution in [2.45, 2.75) is 20.4 Å². The normalized spacial score (nSPS) is 10.8. The molecular weight excluding hydrogens is 470 g/mol. The number of rotatable bonds is 9. The Morgan fingerprint density at radius 3 is 2.11 bits per heavy atom. The van der Waals surface area contributed by atoms with E-state index in [1.165, 1.54) is 6.92 Å². The van der Waals surface area contributed by atoms with E-state index in [1.54, 1.807) is 0 Å². The lowest BCUT2D eigenvalue weighted by Crippen LogP contribution is -2.11. The van der Waals surface area contributed by atoms with Crippen molar-refractivity contribution in [3.05, 3.63) is 109 Å². The molecule has 0 aliphatic carbocycles. The fraction of sp³-hybridized carbons (Fsp3) is 0.152. The molecule has 0 atom stereocenters. The molecule has 0 saturated carbocycles. The van der Waals surface area contributed by atoms with E-state index in [9.17, 15) is 4.79 Å². The quantitative estimate of drug-likeness (QED) is 0.212. The van der Waals surface area contributed by atoms with E-state index in [4.69, 9.17) is 9.72 Å². The zero-order valence-electron chi connectivity index (χ0n) is 21.7. The second kappa shape index (κ2) is 11.6. The van der Waals surface area contributed by atoms with Gasteiger partial charge >= 0.3 is 5.97 Å². The molecule has 5 rings (SSSR count). The third-order valence-electron chi connectivity index (χ3n) is 6.40. The molecule has 0 saturated heterocycles. The van der Waals surface area contributed by atoms with Gasteiger partial charge in [-0.25, -0.2) is 4.98 Å². The SMILES string of the molecule is CCNc1cccc(-c2ccccc2-c2nc(-c3ccccc3)c(-c3ccccc3)n2CCOC(C)=O)c1. The number of nitrogens with one attached hydrogen (secondary N) is 1. The summed E-state index contributed by atoms with van der Waals surface area (Å²) in [5.74, 6) is 0.538. The maximum Gasteiger partial charge on any atom is 0.302 e. The summed E-state index contributed by atoms with van der Waals surface area (Å²) in [6.45, 7) is 5.12. The van der Waals surface area contributed by atoms with E-state index < -0.39 is 0 Å². The Balaban J connectivity index is 1.75. The predicted molar refractivity (Wildman–Crippen MR) is 155 cm³/mol. The molecule has 0 radical (unpaired) electrons. The Morgan fingerprint density at radius 1 is 0.789 bits per heavy atom. The number of hydrogen-bond donors (Lipinski definition) is 1. The van der Waals surface area contributed by atoms with E-state index in [0.29, 0.717) is 6.54 Å². The number of imidazole rings is 1. The fourth-order valence-electron chi connectivity index (χ4n) is 4.77. The van der Waals surface area contributed by atoms with Crippen LogP contribution < -0.4 is 5.32 Å². The van der Waals surface area contributed by atoms with Crippen molar-refractivity contribution in [3.63, 3.8) is 0 Å². The molecule has 0 bridgehead atoms. The van der Waals surface area contributed by atoms with Crippen molar-refractivity contribution in [3.8, 4) is 45.0 Å². The molecule has 0 spiro atoms. The maximum atomic E-state index is 11.6. The van der Waals surface area contributed by atoms with Gasteiger partial charge < -0.3 is 14.6 Å². The van der Waals surface area contributed by atoms with Gasteiger partial charge in [0, 0.05) is 35.8 Å². The Hall–Kier alpha value is -4.64. The summed E-state index contributed by atoms with van der Waals surface area (Å²) in [6, 6.07) is 37.3. The summed E-state index contributed by atoms with van der Waals surface area (Å²) >= 11 is 0. The first-order valence-electron chi connectivity index (χ1n) is 12.9. The van der Waals surface area contributed by atoms with Crippen LogP contribution in [0.3, 0.4) is 0 Å². The van der Waals surface area contributed by atoms with Crippen LogP contribution in [0, 0.1) is 0 Å². The van der Waals surface area contributed by atoms with E-state index >= 15 is 0 Å². The van der Waals surface area contributed by atoms with Gasteiger partial charge in [0.15, 0.2) is 0 Å². The topological polar surface area (TPSA) is 56.1 Å². The Kier molecular flexibility index (Phi) is 7.65. The van der Waals surface area contributed by atoms with Crippen LogP contribution in [-0.2, 0) is 16.1 Å². The zero-order valence-corrected chi connectivity index (χ0v) is 21.7. The van der Waals surface area contributed by atoms with Gasteiger partial charge in [-0.15, -0.1) is 0 Å². The molecule has 0 aliphatic heterocycles. The number of hydrogen-bond acceptors (Lipinski definition) is 4. The maximum absolute atomic E-state index is 11.6. The average molecular weight is 502 g/mol. The third-order valence-corrected chi connectivity index (χ3v) is 6.40. The molecule has 38 heavy (non-hydrogen) atoms. The molecule has 5 aromatic rings. The van der Waals surface area contributed by atoms with E-state index in [-0.39, 0.29) is 12.6 Å². The third kappa shape index (κ3) is 5.37.